The molecule has 1 aromatic rings. The largest absolute Gasteiger partial charge is 0.481 e. The number of ketones is 1. The SMILES string of the molecule is CC(C)(C)OC(=O)N1CC(=O)C(Oc2ccc(Cl)c(F)c2)C1. The Kier molecular flexibility index (Phi) is 4.60. The van der Waals surface area contributed by atoms with Crippen LogP contribution in [0.2, 0.25) is 5.02 Å². The van der Waals surface area contributed by atoms with Crippen LogP contribution in [-0.2, 0) is 9.53 Å². The molecule has 0 bridgehead atoms. The van der Waals surface area contributed by atoms with Crippen LogP contribution >= 0.6 is 11.6 Å². The zero-order valence-corrected chi connectivity index (χ0v) is 13.3. The minimum absolute atomic E-state index is 0.0273. The lowest BCUT2D eigenvalue weighted by Gasteiger charge is -2.23. The first-order valence-electron chi connectivity index (χ1n) is 6.78. The van der Waals surface area contributed by atoms with Crippen molar-refractivity contribution in [2.45, 2.75) is 32.5 Å². The van der Waals surface area contributed by atoms with E-state index in [9.17, 15) is 14.0 Å². The molecule has 1 heterocycles. The summed E-state index contributed by atoms with van der Waals surface area (Å²) in [5, 5.41) is -0.0273. The van der Waals surface area contributed by atoms with Crippen molar-refractivity contribution in [3.05, 3.63) is 29.0 Å². The first-order chi connectivity index (χ1) is 10.2. The van der Waals surface area contributed by atoms with Gasteiger partial charge in [-0.3, -0.25) is 9.69 Å². The van der Waals surface area contributed by atoms with E-state index in [1.165, 1.54) is 17.0 Å². The van der Waals surface area contributed by atoms with Crippen LogP contribution in [0.15, 0.2) is 18.2 Å². The van der Waals surface area contributed by atoms with Crippen molar-refractivity contribution in [2.24, 2.45) is 0 Å². The fraction of sp³-hybridized carbons (Fsp3) is 0.467. The van der Waals surface area contributed by atoms with Gasteiger partial charge in [0, 0.05) is 6.07 Å². The van der Waals surface area contributed by atoms with Crippen LogP contribution in [0, 0.1) is 5.82 Å². The van der Waals surface area contributed by atoms with Crippen molar-refractivity contribution in [1.29, 1.82) is 0 Å². The Labute approximate surface area is 132 Å². The number of hydrogen-bond acceptors (Lipinski definition) is 4. The van der Waals surface area contributed by atoms with E-state index in [1.807, 2.05) is 0 Å². The van der Waals surface area contributed by atoms with E-state index >= 15 is 0 Å². The molecule has 2 rings (SSSR count). The highest BCUT2D eigenvalue weighted by molar-refractivity contribution is 6.30. The van der Waals surface area contributed by atoms with Gasteiger partial charge in [-0.15, -0.1) is 0 Å². The Morgan fingerprint density at radius 3 is 2.68 bits per heavy atom. The van der Waals surface area contributed by atoms with Gasteiger partial charge in [0.15, 0.2) is 11.9 Å². The summed E-state index contributed by atoms with van der Waals surface area (Å²) in [5.74, 6) is -0.707. The molecule has 1 aromatic carbocycles. The van der Waals surface area contributed by atoms with Crippen LogP contribution in [0.3, 0.4) is 0 Å². The van der Waals surface area contributed by atoms with Gasteiger partial charge in [0.1, 0.15) is 17.2 Å². The second-order valence-electron chi connectivity index (χ2n) is 6.01. The van der Waals surface area contributed by atoms with Crippen LogP contribution in [0.4, 0.5) is 9.18 Å². The minimum atomic E-state index is -0.840. The molecule has 0 N–H and O–H groups in total. The number of likely N-dealkylation sites (tertiary alicyclic amines) is 1. The summed E-state index contributed by atoms with van der Waals surface area (Å²) in [5.41, 5.74) is -0.640. The molecule has 1 saturated heterocycles. The number of Topliss-reactive ketones (excluding diaryl/α,β-unsaturated/α-hetero) is 1. The summed E-state index contributed by atoms with van der Waals surface area (Å²) < 4.78 is 24.0. The average Bonchev–Trinajstić information content (AvgIpc) is 2.74. The van der Waals surface area contributed by atoms with Gasteiger partial charge in [-0.05, 0) is 32.9 Å². The summed E-state index contributed by atoms with van der Waals surface area (Å²) in [6, 6.07) is 3.91. The highest BCUT2D eigenvalue weighted by Gasteiger charge is 2.37. The van der Waals surface area contributed by atoms with Crippen molar-refractivity contribution in [2.75, 3.05) is 13.1 Å². The number of ether oxygens (including phenoxy) is 2. The summed E-state index contributed by atoms with van der Waals surface area (Å²) in [6.45, 7) is 5.21. The average molecular weight is 330 g/mol. The second-order valence-corrected chi connectivity index (χ2v) is 6.42. The number of nitrogens with zero attached hydrogens (tertiary/aromatic N) is 1. The van der Waals surface area contributed by atoms with E-state index in [0.717, 1.165) is 6.07 Å². The molecule has 1 aliphatic rings. The number of amides is 1. The molecule has 1 unspecified atom stereocenters. The van der Waals surface area contributed by atoms with Crippen molar-refractivity contribution >= 4 is 23.5 Å². The highest BCUT2D eigenvalue weighted by atomic mass is 35.5. The lowest BCUT2D eigenvalue weighted by atomic mass is 10.2. The number of hydrogen-bond donors (Lipinski definition) is 0. The van der Waals surface area contributed by atoms with E-state index < -0.39 is 23.6 Å². The smallest absolute Gasteiger partial charge is 0.410 e. The van der Waals surface area contributed by atoms with Gasteiger partial charge in [-0.25, -0.2) is 9.18 Å². The Hall–Kier alpha value is -1.82. The number of benzene rings is 1. The topological polar surface area (TPSA) is 55.8 Å². The zero-order chi connectivity index (χ0) is 16.5. The van der Waals surface area contributed by atoms with Crippen molar-refractivity contribution < 1.29 is 23.5 Å². The maximum absolute atomic E-state index is 13.4. The maximum Gasteiger partial charge on any atom is 0.410 e. The molecule has 1 amide bonds. The molecule has 0 saturated carbocycles. The van der Waals surface area contributed by atoms with Gasteiger partial charge in [-0.1, -0.05) is 11.6 Å². The van der Waals surface area contributed by atoms with Crippen molar-refractivity contribution in [3.8, 4) is 5.75 Å². The van der Waals surface area contributed by atoms with E-state index in [0.29, 0.717) is 0 Å². The number of carbonyl (C=O) groups excluding carboxylic acids is 2. The molecule has 0 aliphatic carbocycles. The van der Waals surface area contributed by atoms with Gasteiger partial charge in [0.05, 0.1) is 18.1 Å². The van der Waals surface area contributed by atoms with Crippen LogP contribution in [-0.4, -0.2) is 41.6 Å². The van der Waals surface area contributed by atoms with Gasteiger partial charge in [-0.2, -0.15) is 0 Å². The number of rotatable bonds is 2. The van der Waals surface area contributed by atoms with E-state index in [-0.39, 0.29) is 29.6 Å². The Bertz CT molecular complexity index is 600. The lowest BCUT2D eigenvalue weighted by Crippen LogP contribution is -2.36. The minimum Gasteiger partial charge on any atom is -0.481 e. The summed E-state index contributed by atoms with van der Waals surface area (Å²) >= 11 is 5.59. The number of carbonyl (C=O) groups is 2. The number of halogens is 2. The Morgan fingerprint density at radius 2 is 2.09 bits per heavy atom. The summed E-state index contributed by atoms with van der Waals surface area (Å²) in [4.78, 5) is 25.1. The molecule has 0 radical (unpaired) electrons. The standard InChI is InChI=1S/C15H17ClFNO4/c1-15(2,3)22-14(20)18-7-12(19)13(8-18)21-9-4-5-10(16)11(17)6-9/h4-6,13H,7-8H2,1-3H3. The second kappa shape index (κ2) is 6.12. The third-order valence-corrected chi connectivity index (χ3v) is 3.22. The van der Waals surface area contributed by atoms with Crippen LogP contribution < -0.4 is 4.74 Å². The molecule has 7 heteroatoms. The van der Waals surface area contributed by atoms with Gasteiger partial charge in [0.2, 0.25) is 0 Å². The van der Waals surface area contributed by atoms with Crippen LogP contribution in [0.5, 0.6) is 5.75 Å². The highest BCUT2D eigenvalue weighted by Crippen LogP contribution is 2.23. The molecule has 0 aromatic heterocycles. The molecule has 1 aliphatic heterocycles. The predicted molar refractivity (Wildman–Crippen MR) is 78.6 cm³/mol. The molecule has 1 fully saturated rings. The molecule has 5 nitrogen and oxygen atoms in total. The quantitative estimate of drug-likeness (QED) is 0.837. The summed E-state index contributed by atoms with van der Waals surface area (Å²) in [7, 11) is 0. The first-order valence-corrected chi connectivity index (χ1v) is 7.16. The normalized spacial score (nSPS) is 18.5. The van der Waals surface area contributed by atoms with Crippen LogP contribution in [0.1, 0.15) is 20.8 Å². The monoisotopic (exact) mass is 329 g/mol. The van der Waals surface area contributed by atoms with Crippen LogP contribution in [0.25, 0.3) is 0 Å². The summed E-state index contributed by atoms with van der Waals surface area (Å²) in [6.07, 6.45) is -1.41. The molecule has 120 valence electrons. The first kappa shape index (κ1) is 16.5. The maximum atomic E-state index is 13.4. The predicted octanol–water partition coefficient (Wildman–Crippen LogP) is 3.05. The molecule has 22 heavy (non-hydrogen) atoms. The van der Waals surface area contributed by atoms with Gasteiger partial charge in [0.25, 0.3) is 0 Å². The lowest BCUT2D eigenvalue weighted by molar-refractivity contribution is -0.122. The van der Waals surface area contributed by atoms with Gasteiger partial charge < -0.3 is 9.47 Å². The fourth-order valence-electron chi connectivity index (χ4n) is 1.94. The van der Waals surface area contributed by atoms with Gasteiger partial charge >= 0.3 is 6.09 Å². The third-order valence-electron chi connectivity index (χ3n) is 2.91. The van der Waals surface area contributed by atoms with Crippen molar-refractivity contribution in [3.63, 3.8) is 0 Å². The molecule has 0 spiro atoms. The van der Waals surface area contributed by atoms with Crippen molar-refractivity contribution in [1.82, 2.24) is 4.90 Å². The fourth-order valence-corrected chi connectivity index (χ4v) is 2.06. The van der Waals surface area contributed by atoms with E-state index in [2.05, 4.69) is 0 Å². The molecular formula is C15H17ClFNO4. The Morgan fingerprint density at radius 1 is 1.41 bits per heavy atom. The van der Waals surface area contributed by atoms with E-state index in [4.69, 9.17) is 21.1 Å². The zero-order valence-electron chi connectivity index (χ0n) is 12.6. The van der Waals surface area contributed by atoms with E-state index in [1.54, 1.807) is 20.8 Å². The third kappa shape index (κ3) is 4.10. The Balaban J connectivity index is 2.00. The molecule has 1 atom stereocenters. The molecular weight excluding hydrogens is 313 g/mol.